The molecule has 0 aliphatic rings. The fourth-order valence-electron chi connectivity index (χ4n) is 1.34. The Balaban J connectivity index is 4.95. The predicted octanol–water partition coefficient (Wildman–Crippen LogP) is 1.92. The van der Waals surface area contributed by atoms with Crippen LogP contribution in [0.5, 0.6) is 0 Å². The van der Waals surface area contributed by atoms with Crippen LogP contribution in [-0.2, 0) is 9.59 Å². The number of carbonyl (C=O) groups excluding carboxylic acids is 2. The first-order chi connectivity index (χ1) is 9.49. The maximum absolute atomic E-state index is 12.3. The number of hydrogen-bond donors (Lipinski definition) is 2. The fraction of sp³-hybridized carbons (Fsp3) is 0.583. The standard InChI is InChI=1S/C12H17F3N2O4/c1-4-5-17(6-12(13,14)15)11(21)16-9(18)7(2)8(3)10(19)20/h4-6H2,1-3H3,(H,19,20)(H,16,18,21). The minimum Gasteiger partial charge on any atom is -0.478 e. The van der Waals surface area contributed by atoms with Crippen LogP contribution in [0, 0.1) is 0 Å². The average molecular weight is 310 g/mol. The van der Waals surface area contributed by atoms with Gasteiger partial charge in [0, 0.05) is 17.7 Å². The Morgan fingerprint density at radius 2 is 1.67 bits per heavy atom. The molecule has 0 aliphatic carbocycles. The molecule has 21 heavy (non-hydrogen) atoms. The van der Waals surface area contributed by atoms with E-state index < -0.39 is 30.6 Å². The van der Waals surface area contributed by atoms with E-state index in [2.05, 4.69) is 0 Å². The number of alkyl halides is 3. The van der Waals surface area contributed by atoms with Gasteiger partial charge in [-0.05, 0) is 20.3 Å². The van der Waals surface area contributed by atoms with Gasteiger partial charge in [0.2, 0.25) is 0 Å². The highest BCUT2D eigenvalue weighted by Gasteiger charge is 2.33. The summed E-state index contributed by atoms with van der Waals surface area (Å²) >= 11 is 0. The monoisotopic (exact) mass is 310 g/mol. The molecule has 0 spiro atoms. The van der Waals surface area contributed by atoms with E-state index in [0.717, 1.165) is 6.92 Å². The Morgan fingerprint density at radius 3 is 2.05 bits per heavy atom. The van der Waals surface area contributed by atoms with Crippen LogP contribution in [0.3, 0.4) is 0 Å². The Kier molecular flexibility index (Phi) is 6.90. The zero-order chi connectivity index (χ0) is 16.8. The number of imide groups is 1. The van der Waals surface area contributed by atoms with Gasteiger partial charge >= 0.3 is 18.2 Å². The fourth-order valence-corrected chi connectivity index (χ4v) is 1.34. The van der Waals surface area contributed by atoms with E-state index in [1.807, 2.05) is 0 Å². The molecule has 0 unspecified atom stereocenters. The van der Waals surface area contributed by atoms with Crippen molar-refractivity contribution >= 4 is 17.9 Å². The summed E-state index contributed by atoms with van der Waals surface area (Å²) in [6.07, 6.45) is -4.31. The smallest absolute Gasteiger partial charge is 0.406 e. The first-order valence-corrected chi connectivity index (χ1v) is 6.07. The minimum absolute atomic E-state index is 0.181. The van der Waals surface area contributed by atoms with E-state index in [9.17, 15) is 27.6 Å². The summed E-state index contributed by atoms with van der Waals surface area (Å²) in [4.78, 5) is 34.4. The zero-order valence-electron chi connectivity index (χ0n) is 11.9. The molecule has 0 rings (SSSR count). The number of hydrogen-bond acceptors (Lipinski definition) is 3. The molecule has 120 valence electrons. The van der Waals surface area contributed by atoms with Gasteiger partial charge in [0.05, 0.1) is 0 Å². The van der Waals surface area contributed by atoms with E-state index in [1.54, 1.807) is 12.2 Å². The van der Waals surface area contributed by atoms with Gasteiger partial charge < -0.3 is 10.0 Å². The van der Waals surface area contributed by atoms with E-state index in [1.165, 1.54) is 6.92 Å². The maximum atomic E-state index is 12.3. The second-order valence-corrected chi connectivity index (χ2v) is 4.35. The van der Waals surface area contributed by atoms with E-state index >= 15 is 0 Å². The van der Waals surface area contributed by atoms with Crippen LogP contribution in [0.1, 0.15) is 27.2 Å². The number of carboxylic acids is 1. The van der Waals surface area contributed by atoms with Crippen molar-refractivity contribution in [3.8, 4) is 0 Å². The van der Waals surface area contributed by atoms with Crippen molar-refractivity contribution in [2.75, 3.05) is 13.1 Å². The van der Waals surface area contributed by atoms with Crippen LogP contribution < -0.4 is 5.32 Å². The first kappa shape index (κ1) is 18.9. The lowest BCUT2D eigenvalue weighted by atomic mass is 10.1. The van der Waals surface area contributed by atoms with Gasteiger partial charge in [0.15, 0.2) is 0 Å². The lowest BCUT2D eigenvalue weighted by Crippen LogP contribution is -2.47. The molecule has 6 nitrogen and oxygen atoms in total. The molecular formula is C12H17F3N2O4. The third kappa shape index (κ3) is 6.77. The third-order valence-electron chi connectivity index (χ3n) is 2.60. The largest absolute Gasteiger partial charge is 0.478 e. The normalized spacial score (nSPS) is 12.5. The molecule has 0 atom stereocenters. The minimum atomic E-state index is -4.59. The number of carbonyl (C=O) groups is 3. The Bertz CT molecular complexity index is 458. The van der Waals surface area contributed by atoms with Crippen molar-refractivity contribution in [3.05, 3.63) is 11.1 Å². The first-order valence-electron chi connectivity index (χ1n) is 6.07. The van der Waals surface area contributed by atoms with E-state index in [4.69, 9.17) is 5.11 Å². The van der Waals surface area contributed by atoms with Gasteiger partial charge in [-0.15, -0.1) is 0 Å². The van der Waals surface area contributed by atoms with Gasteiger partial charge in [0.1, 0.15) is 6.54 Å². The lowest BCUT2D eigenvalue weighted by molar-refractivity contribution is -0.140. The van der Waals surface area contributed by atoms with Crippen molar-refractivity contribution in [2.24, 2.45) is 0 Å². The van der Waals surface area contributed by atoms with Gasteiger partial charge in [-0.25, -0.2) is 9.59 Å². The molecule has 9 heteroatoms. The maximum Gasteiger partial charge on any atom is 0.406 e. The van der Waals surface area contributed by atoms with E-state index in [0.29, 0.717) is 4.90 Å². The Labute approximate surface area is 119 Å². The van der Waals surface area contributed by atoms with Crippen LogP contribution in [0.25, 0.3) is 0 Å². The van der Waals surface area contributed by atoms with Crippen molar-refractivity contribution in [1.29, 1.82) is 0 Å². The summed E-state index contributed by atoms with van der Waals surface area (Å²) in [6.45, 7) is 2.24. The van der Waals surface area contributed by atoms with Crippen LogP contribution >= 0.6 is 0 Å². The molecule has 0 aromatic heterocycles. The number of urea groups is 1. The molecule has 0 saturated heterocycles. The summed E-state index contributed by atoms with van der Waals surface area (Å²) < 4.78 is 37.0. The highest BCUT2D eigenvalue weighted by atomic mass is 19.4. The van der Waals surface area contributed by atoms with Gasteiger partial charge in [0.25, 0.3) is 5.91 Å². The summed E-state index contributed by atoms with van der Waals surface area (Å²) in [7, 11) is 0. The van der Waals surface area contributed by atoms with Crippen LogP contribution in [0.15, 0.2) is 11.1 Å². The van der Waals surface area contributed by atoms with Crippen molar-refractivity contribution in [1.82, 2.24) is 10.2 Å². The summed E-state index contributed by atoms with van der Waals surface area (Å²) in [5, 5.41) is 10.4. The molecule has 0 saturated carbocycles. The number of carboxylic acid groups (broad SMARTS) is 1. The highest BCUT2D eigenvalue weighted by Crippen LogP contribution is 2.16. The van der Waals surface area contributed by atoms with Gasteiger partial charge in [-0.2, -0.15) is 13.2 Å². The molecule has 0 aromatic rings. The SMILES string of the molecule is CCCN(CC(F)(F)F)C(=O)NC(=O)C(C)=C(C)C(=O)O. The number of amides is 3. The molecular weight excluding hydrogens is 293 g/mol. The molecule has 0 bridgehead atoms. The molecule has 0 heterocycles. The van der Waals surface area contributed by atoms with Crippen LogP contribution in [-0.4, -0.2) is 47.2 Å². The zero-order valence-corrected chi connectivity index (χ0v) is 11.9. The Morgan fingerprint density at radius 1 is 1.14 bits per heavy atom. The topological polar surface area (TPSA) is 86.7 Å². The average Bonchev–Trinajstić information content (AvgIpc) is 2.34. The number of nitrogens with zero attached hydrogens (tertiary/aromatic N) is 1. The number of nitrogens with one attached hydrogen (secondary N) is 1. The number of rotatable bonds is 5. The molecule has 0 aliphatic heterocycles. The van der Waals surface area contributed by atoms with Crippen molar-refractivity contribution < 1.29 is 32.7 Å². The summed E-state index contributed by atoms with van der Waals surface area (Å²) in [6, 6.07) is -1.21. The second-order valence-electron chi connectivity index (χ2n) is 4.35. The predicted molar refractivity (Wildman–Crippen MR) is 67.5 cm³/mol. The van der Waals surface area contributed by atoms with Crippen molar-refractivity contribution in [2.45, 2.75) is 33.4 Å². The summed E-state index contributed by atoms with van der Waals surface area (Å²) in [5.74, 6) is -2.39. The number of aliphatic carboxylic acids is 1. The summed E-state index contributed by atoms with van der Waals surface area (Å²) in [5.41, 5.74) is -0.544. The highest BCUT2D eigenvalue weighted by molar-refractivity contribution is 6.07. The quantitative estimate of drug-likeness (QED) is 0.760. The second kappa shape index (κ2) is 7.65. The number of halogens is 3. The molecule has 0 fully saturated rings. The Hall–Kier alpha value is -2.06. The van der Waals surface area contributed by atoms with Crippen LogP contribution in [0.4, 0.5) is 18.0 Å². The third-order valence-corrected chi connectivity index (χ3v) is 2.60. The van der Waals surface area contributed by atoms with Gasteiger partial charge in [-0.1, -0.05) is 6.92 Å². The van der Waals surface area contributed by atoms with Crippen LogP contribution in [0.2, 0.25) is 0 Å². The molecule has 3 amide bonds. The van der Waals surface area contributed by atoms with Gasteiger partial charge in [-0.3, -0.25) is 10.1 Å². The lowest BCUT2D eigenvalue weighted by Gasteiger charge is -2.23. The van der Waals surface area contributed by atoms with E-state index in [-0.39, 0.29) is 24.1 Å². The molecule has 2 N–H and O–H groups in total. The molecule has 0 radical (unpaired) electrons. The van der Waals surface area contributed by atoms with Crippen molar-refractivity contribution in [3.63, 3.8) is 0 Å². The molecule has 0 aromatic carbocycles.